The molecule has 2 aliphatic heterocycles. The molecular weight excluding hydrogens is 512 g/mol. The standard InChI is InChI=1S/C26H32N4O7S/c1-29(26(34)11-17-6-7-18-13-24(32)27-22(18)10-17)23(15-30-9-8-20(31)14-30)19-4-3-5-21(12-19)37-16-25(33)28-38(2,35)36/h3-7,10,12,20,23,31H,8-9,11,13-16H2,1-2H3,(H,27,32)(H,28,33)/t20-,23-/m1/s1. The van der Waals surface area contributed by atoms with Crippen LogP contribution < -0.4 is 14.8 Å². The van der Waals surface area contributed by atoms with Gasteiger partial charge < -0.3 is 20.1 Å². The lowest BCUT2D eigenvalue weighted by Crippen LogP contribution is -2.39. The van der Waals surface area contributed by atoms with Gasteiger partial charge in [0, 0.05) is 32.4 Å². The number of likely N-dealkylation sites (tertiary alicyclic amines) is 1. The van der Waals surface area contributed by atoms with Gasteiger partial charge in [-0.1, -0.05) is 24.3 Å². The lowest BCUT2D eigenvalue weighted by atomic mass is 10.0. The minimum atomic E-state index is -3.69. The molecule has 2 aliphatic rings. The number of nitrogens with one attached hydrogen (secondary N) is 2. The van der Waals surface area contributed by atoms with Crippen molar-refractivity contribution in [3.63, 3.8) is 0 Å². The van der Waals surface area contributed by atoms with Crippen molar-refractivity contribution < 1.29 is 32.6 Å². The van der Waals surface area contributed by atoms with E-state index in [0.717, 1.165) is 28.6 Å². The maximum Gasteiger partial charge on any atom is 0.271 e. The Kier molecular flexibility index (Phi) is 8.34. The Morgan fingerprint density at radius 3 is 2.76 bits per heavy atom. The lowest BCUT2D eigenvalue weighted by Gasteiger charge is -2.32. The Hall–Kier alpha value is -3.48. The minimum Gasteiger partial charge on any atom is -0.484 e. The van der Waals surface area contributed by atoms with Crippen LogP contribution in [0.5, 0.6) is 5.75 Å². The third kappa shape index (κ3) is 7.30. The maximum absolute atomic E-state index is 13.4. The molecule has 204 valence electrons. The number of hydrogen-bond donors (Lipinski definition) is 3. The van der Waals surface area contributed by atoms with Gasteiger partial charge in [0.1, 0.15) is 5.75 Å². The summed E-state index contributed by atoms with van der Waals surface area (Å²) in [6.45, 7) is 1.21. The van der Waals surface area contributed by atoms with E-state index in [-0.39, 0.29) is 24.3 Å². The second kappa shape index (κ2) is 11.5. The molecule has 2 atom stereocenters. The molecule has 2 heterocycles. The Bertz CT molecular complexity index is 1330. The van der Waals surface area contributed by atoms with Crippen LogP contribution in [0, 0.1) is 0 Å². The molecule has 1 fully saturated rings. The van der Waals surface area contributed by atoms with Crippen molar-refractivity contribution in [1.82, 2.24) is 14.5 Å². The second-order valence-corrected chi connectivity index (χ2v) is 11.5. The van der Waals surface area contributed by atoms with Crippen LogP contribution in [0.25, 0.3) is 0 Å². The van der Waals surface area contributed by atoms with E-state index in [1.54, 1.807) is 30.1 Å². The van der Waals surface area contributed by atoms with E-state index in [1.165, 1.54) is 0 Å². The first-order valence-corrected chi connectivity index (χ1v) is 14.2. The van der Waals surface area contributed by atoms with E-state index in [0.29, 0.717) is 38.2 Å². The minimum absolute atomic E-state index is 0.0654. The van der Waals surface area contributed by atoms with E-state index in [2.05, 4.69) is 10.2 Å². The van der Waals surface area contributed by atoms with Crippen molar-refractivity contribution in [3.8, 4) is 5.75 Å². The number of β-amino-alcohol motifs (C(OH)–C–C–N with tert-alkyl or cyclic N) is 1. The van der Waals surface area contributed by atoms with Crippen molar-refractivity contribution in [2.24, 2.45) is 0 Å². The van der Waals surface area contributed by atoms with Crippen LogP contribution >= 0.6 is 0 Å². The zero-order valence-corrected chi connectivity index (χ0v) is 22.2. The van der Waals surface area contributed by atoms with Crippen LogP contribution in [0.1, 0.15) is 29.2 Å². The summed E-state index contributed by atoms with van der Waals surface area (Å²) in [6.07, 6.45) is 1.60. The smallest absolute Gasteiger partial charge is 0.271 e. The summed E-state index contributed by atoms with van der Waals surface area (Å²) in [5.74, 6) is -0.631. The van der Waals surface area contributed by atoms with Crippen LogP contribution in [-0.2, 0) is 37.2 Å². The van der Waals surface area contributed by atoms with E-state index in [4.69, 9.17) is 4.74 Å². The first kappa shape index (κ1) is 27.6. The van der Waals surface area contributed by atoms with E-state index >= 15 is 0 Å². The molecule has 0 bridgehead atoms. The highest BCUT2D eigenvalue weighted by molar-refractivity contribution is 7.89. The van der Waals surface area contributed by atoms with Gasteiger partial charge in [-0.2, -0.15) is 0 Å². The van der Waals surface area contributed by atoms with Crippen LogP contribution in [0.2, 0.25) is 0 Å². The molecule has 0 radical (unpaired) electrons. The topological polar surface area (TPSA) is 145 Å². The van der Waals surface area contributed by atoms with E-state index in [9.17, 15) is 27.9 Å². The third-order valence-electron chi connectivity index (χ3n) is 6.61. The van der Waals surface area contributed by atoms with Gasteiger partial charge in [-0.25, -0.2) is 8.42 Å². The summed E-state index contributed by atoms with van der Waals surface area (Å²) in [7, 11) is -1.97. The fourth-order valence-electron chi connectivity index (χ4n) is 4.72. The summed E-state index contributed by atoms with van der Waals surface area (Å²) < 4.78 is 29.9. The quantitative estimate of drug-likeness (QED) is 0.391. The normalized spacial score (nSPS) is 18.0. The average molecular weight is 545 g/mol. The van der Waals surface area contributed by atoms with Gasteiger partial charge in [-0.3, -0.25) is 24.0 Å². The zero-order chi connectivity index (χ0) is 27.4. The van der Waals surface area contributed by atoms with Gasteiger partial charge in [0.05, 0.1) is 31.2 Å². The number of rotatable bonds is 10. The summed E-state index contributed by atoms with van der Waals surface area (Å²) in [6, 6.07) is 12.1. The Morgan fingerprint density at radius 1 is 1.26 bits per heavy atom. The Balaban J connectivity index is 1.50. The first-order valence-electron chi connectivity index (χ1n) is 12.3. The number of hydrogen-bond acceptors (Lipinski definition) is 8. The molecule has 11 nitrogen and oxygen atoms in total. The number of fused-ring (bicyclic) bond motifs is 1. The number of nitrogens with zero attached hydrogens (tertiary/aromatic N) is 2. The molecule has 12 heteroatoms. The van der Waals surface area contributed by atoms with Crippen molar-refractivity contribution in [1.29, 1.82) is 0 Å². The van der Waals surface area contributed by atoms with Crippen molar-refractivity contribution in [3.05, 3.63) is 59.2 Å². The molecule has 0 spiro atoms. The van der Waals surface area contributed by atoms with Gasteiger partial charge in [0.2, 0.25) is 21.8 Å². The van der Waals surface area contributed by atoms with Gasteiger partial charge in [-0.05, 0) is 41.3 Å². The number of amides is 3. The Morgan fingerprint density at radius 2 is 2.05 bits per heavy atom. The molecule has 0 aliphatic carbocycles. The zero-order valence-electron chi connectivity index (χ0n) is 21.3. The highest BCUT2D eigenvalue weighted by Gasteiger charge is 2.29. The number of carbonyl (C=O) groups is 3. The van der Waals surface area contributed by atoms with Crippen LogP contribution in [0.4, 0.5) is 5.69 Å². The molecule has 38 heavy (non-hydrogen) atoms. The van der Waals surface area contributed by atoms with Crippen molar-refractivity contribution in [2.45, 2.75) is 31.4 Å². The van der Waals surface area contributed by atoms with Crippen molar-refractivity contribution in [2.75, 3.05) is 44.9 Å². The predicted molar refractivity (Wildman–Crippen MR) is 140 cm³/mol. The highest BCUT2D eigenvalue weighted by atomic mass is 32.2. The fourth-order valence-corrected chi connectivity index (χ4v) is 5.19. The predicted octanol–water partition coefficient (Wildman–Crippen LogP) is 0.445. The molecular formula is C26H32N4O7S. The van der Waals surface area contributed by atoms with Crippen LogP contribution in [0.3, 0.4) is 0 Å². The summed E-state index contributed by atoms with van der Waals surface area (Å²) in [5.41, 5.74) is 3.19. The van der Waals surface area contributed by atoms with Gasteiger partial charge in [0.15, 0.2) is 6.61 Å². The molecule has 1 saturated heterocycles. The summed E-state index contributed by atoms with van der Waals surface area (Å²) in [5, 5.41) is 12.8. The number of anilines is 1. The molecule has 4 rings (SSSR count). The van der Waals surface area contributed by atoms with E-state index < -0.39 is 28.6 Å². The molecule has 0 aromatic heterocycles. The summed E-state index contributed by atoms with van der Waals surface area (Å²) >= 11 is 0. The second-order valence-electron chi connectivity index (χ2n) is 9.77. The molecule has 3 N–H and O–H groups in total. The number of sulfonamides is 1. The SMILES string of the molecule is CN(C(=O)Cc1ccc2c(c1)NC(=O)C2)[C@H](CN1CC[C@@H](O)C1)c1cccc(OCC(=O)NS(C)(=O)=O)c1. The number of aliphatic hydroxyl groups is 1. The lowest BCUT2D eigenvalue weighted by molar-refractivity contribution is -0.131. The summed E-state index contributed by atoms with van der Waals surface area (Å²) in [4.78, 5) is 40.7. The first-order chi connectivity index (χ1) is 18.0. The number of ether oxygens (including phenoxy) is 1. The maximum atomic E-state index is 13.4. The number of carbonyl (C=O) groups excluding carboxylic acids is 3. The monoisotopic (exact) mass is 544 g/mol. The molecule has 0 unspecified atom stereocenters. The van der Waals surface area contributed by atoms with Gasteiger partial charge in [0.25, 0.3) is 5.91 Å². The molecule has 0 saturated carbocycles. The number of aliphatic hydroxyl groups excluding tert-OH is 1. The van der Waals surface area contributed by atoms with E-state index in [1.807, 2.05) is 29.0 Å². The van der Waals surface area contributed by atoms with Crippen molar-refractivity contribution >= 4 is 33.4 Å². The molecule has 2 aromatic carbocycles. The largest absolute Gasteiger partial charge is 0.484 e. The average Bonchev–Trinajstić information content (AvgIpc) is 3.43. The number of likely N-dealkylation sites (N-methyl/N-ethyl adjacent to an activating group) is 1. The van der Waals surface area contributed by atoms with Gasteiger partial charge in [-0.15, -0.1) is 0 Å². The fraction of sp³-hybridized carbons (Fsp3) is 0.423. The highest BCUT2D eigenvalue weighted by Crippen LogP contribution is 2.28. The number of benzene rings is 2. The van der Waals surface area contributed by atoms with Gasteiger partial charge >= 0.3 is 0 Å². The third-order valence-corrected chi connectivity index (χ3v) is 7.20. The van der Waals surface area contributed by atoms with Crippen LogP contribution in [-0.4, -0.2) is 86.7 Å². The molecule has 2 aromatic rings. The Labute approximate surface area is 221 Å². The van der Waals surface area contributed by atoms with Crippen LogP contribution in [0.15, 0.2) is 42.5 Å². The molecule has 3 amide bonds.